The minimum atomic E-state index is 0.123. The number of likely N-dealkylation sites (N-methyl/N-ethyl adjacent to an activating group) is 1. The zero-order valence-electron chi connectivity index (χ0n) is 18.0. The molecule has 0 aromatic carbocycles. The SMILES string of the molecule is CNCCCCCN=C1C=C(C)C2N(C)C=C(C3=CC(C=O)=C(C)C=CC3)N2N1. The molecule has 0 amide bonds. The maximum atomic E-state index is 11.5. The van der Waals surface area contributed by atoms with Gasteiger partial charge in [-0.3, -0.25) is 20.2 Å². The van der Waals surface area contributed by atoms with Crippen molar-refractivity contribution in [2.24, 2.45) is 4.99 Å². The van der Waals surface area contributed by atoms with Crippen LogP contribution in [-0.4, -0.2) is 55.4 Å². The van der Waals surface area contributed by atoms with Gasteiger partial charge in [0.1, 0.15) is 18.3 Å². The van der Waals surface area contributed by atoms with Gasteiger partial charge in [-0.15, -0.1) is 0 Å². The Balaban J connectivity index is 1.76. The van der Waals surface area contributed by atoms with Gasteiger partial charge in [0.15, 0.2) is 0 Å². The first-order valence-electron chi connectivity index (χ1n) is 10.5. The summed E-state index contributed by atoms with van der Waals surface area (Å²) in [5.74, 6) is 0.903. The number of amidine groups is 1. The summed E-state index contributed by atoms with van der Waals surface area (Å²) < 4.78 is 0. The standard InChI is InChI=1S/C23H33N5O/c1-17-9-8-10-19(14-20(17)16-29)21-15-27(4)23-18(2)13-22(26-28(21)23)25-12-7-5-6-11-24-3/h8-9,13-16,23-24H,5-7,10-12H2,1-4H3,(H,25,26). The molecule has 2 heterocycles. The molecule has 0 aromatic heterocycles. The molecule has 0 bridgehead atoms. The van der Waals surface area contributed by atoms with Crippen LogP contribution in [-0.2, 0) is 4.79 Å². The van der Waals surface area contributed by atoms with Crippen LogP contribution in [0.5, 0.6) is 0 Å². The summed E-state index contributed by atoms with van der Waals surface area (Å²) in [5, 5.41) is 5.36. The van der Waals surface area contributed by atoms with E-state index >= 15 is 0 Å². The molecule has 0 aromatic rings. The van der Waals surface area contributed by atoms with Crippen molar-refractivity contribution in [3.05, 3.63) is 58.5 Å². The van der Waals surface area contributed by atoms with Crippen LogP contribution in [0.2, 0.25) is 0 Å². The molecule has 1 atom stereocenters. The number of unbranched alkanes of at least 4 members (excludes halogenated alkanes) is 2. The highest BCUT2D eigenvalue weighted by atomic mass is 16.1. The molecule has 29 heavy (non-hydrogen) atoms. The van der Waals surface area contributed by atoms with Gasteiger partial charge in [0.2, 0.25) is 0 Å². The second-order valence-corrected chi connectivity index (χ2v) is 7.89. The molecule has 0 radical (unpaired) electrons. The Morgan fingerprint density at radius 3 is 2.86 bits per heavy atom. The van der Waals surface area contributed by atoms with Gasteiger partial charge < -0.3 is 10.2 Å². The number of hydrogen-bond acceptors (Lipinski definition) is 5. The Morgan fingerprint density at radius 1 is 1.28 bits per heavy atom. The maximum absolute atomic E-state index is 11.5. The van der Waals surface area contributed by atoms with Crippen LogP contribution in [0.15, 0.2) is 63.5 Å². The van der Waals surface area contributed by atoms with Gasteiger partial charge in [0.25, 0.3) is 0 Å². The molecule has 0 saturated heterocycles. The third kappa shape index (κ3) is 4.88. The summed E-state index contributed by atoms with van der Waals surface area (Å²) in [5.41, 5.74) is 8.71. The van der Waals surface area contributed by atoms with E-state index in [1.54, 1.807) is 0 Å². The smallest absolute Gasteiger partial charge is 0.150 e. The first kappa shape index (κ1) is 21.1. The first-order chi connectivity index (χ1) is 14.0. The van der Waals surface area contributed by atoms with Crippen molar-refractivity contribution in [2.45, 2.75) is 45.7 Å². The second-order valence-electron chi connectivity index (χ2n) is 7.89. The van der Waals surface area contributed by atoms with Gasteiger partial charge in [0, 0.05) is 25.4 Å². The zero-order chi connectivity index (χ0) is 20.8. The summed E-state index contributed by atoms with van der Waals surface area (Å²) in [6.07, 6.45) is 15.8. The van der Waals surface area contributed by atoms with Gasteiger partial charge in [-0.25, -0.2) is 0 Å². The summed E-state index contributed by atoms with van der Waals surface area (Å²) in [6, 6.07) is 0. The molecular formula is C23H33N5O. The highest BCUT2D eigenvalue weighted by Gasteiger charge is 2.36. The Hall–Kier alpha value is -2.60. The molecule has 0 saturated carbocycles. The van der Waals surface area contributed by atoms with Crippen LogP contribution >= 0.6 is 0 Å². The molecule has 0 spiro atoms. The summed E-state index contributed by atoms with van der Waals surface area (Å²) >= 11 is 0. The Labute approximate surface area is 174 Å². The van der Waals surface area contributed by atoms with Gasteiger partial charge in [-0.2, -0.15) is 0 Å². The van der Waals surface area contributed by atoms with Crippen molar-refractivity contribution in [1.82, 2.24) is 20.7 Å². The molecule has 6 heteroatoms. The van der Waals surface area contributed by atoms with Gasteiger partial charge in [0.05, 0.1) is 5.70 Å². The molecule has 1 aliphatic carbocycles. The third-order valence-electron chi connectivity index (χ3n) is 5.54. The fourth-order valence-electron chi connectivity index (χ4n) is 3.96. The molecule has 156 valence electrons. The largest absolute Gasteiger partial charge is 0.354 e. The van der Waals surface area contributed by atoms with Crippen LogP contribution < -0.4 is 10.7 Å². The Morgan fingerprint density at radius 2 is 2.10 bits per heavy atom. The fraction of sp³-hybridized carbons (Fsp3) is 0.478. The summed E-state index contributed by atoms with van der Waals surface area (Å²) in [7, 11) is 4.07. The van der Waals surface area contributed by atoms with Crippen LogP contribution in [0.3, 0.4) is 0 Å². The lowest BCUT2D eigenvalue weighted by Gasteiger charge is -2.37. The highest BCUT2D eigenvalue weighted by Crippen LogP contribution is 2.34. The van der Waals surface area contributed by atoms with E-state index in [0.29, 0.717) is 0 Å². The number of hydrogen-bond donors (Lipinski definition) is 2. The Bertz CT molecular complexity index is 815. The molecule has 1 unspecified atom stereocenters. The number of aldehydes is 1. The molecule has 3 rings (SSSR count). The topological polar surface area (TPSA) is 60.0 Å². The highest BCUT2D eigenvalue weighted by molar-refractivity contribution is 5.94. The normalized spacial score (nSPS) is 22.8. The number of hydrazine groups is 1. The molecule has 0 fully saturated rings. The van der Waals surface area contributed by atoms with E-state index in [2.05, 4.69) is 53.0 Å². The van der Waals surface area contributed by atoms with E-state index in [1.165, 1.54) is 18.4 Å². The van der Waals surface area contributed by atoms with E-state index in [4.69, 9.17) is 4.99 Å². The van der Waals surface area contributed by atoms with E-state index in [-0.39, 0.29) is 6.17 Å². The van der Waals surface area contributed by atoms with Gasteiger partial charge in [-0.1, -0.05) is 18.6 Å². The number of nitrogens with zero attached hydrogens (tertiary/aromatic N) is 3. The van der Waals surface area contributed by atoms with Crippen LogP contribution in [0.4, 0.5) is 0 Å². The first-order valence-corrected chi connectivity index (χ1v) is 10.5. The number of aliphatic imine (C=N–C) groups is 1. The lowest BCUT2D eigenvalue weighted by molar-refractivity contribution is -0.104. The third-order valence-corrected chi connectivity index (χ3v) is 5.54. The van der Waals surface area contributed by atoms with Crippen molar-refractivity contribution in [1.29, 1.82) is 0 Å². The van der Waals surface area contributed by atoms with E-state index in [0.717, 1.165) is 60.5 Å². The van der Waals surface area contributed by atoms with Crippen molar-refractivity contribution in [3.63, 3.8) is 0 Å². The number of allylic oxidation sites excluding steroid dienone is 6. The lowest BCUT2D eigenvalue weighted by atomic mass is 10.1. The van der Waals surface area contributed by atoms with Crippen LogP contribution in [0.1, 0.15) is 39.5 Å². The number of carbonyl (C=O) groups is 1. The minimum Gasteiger partial charge on any atom is -0.354 e. The average Bonchev–Trinajstić information content (AvgIpc) is 2.91. The zero-order valence-corrected chi connectivity index (χ0v) is 18.0. The molecule has 2 N–H and O–H groups in total. The quantitative estimate of drug-likeness (QED) is 0.489. The fourth-order valence-corrected chi connectivity index (χ4v) is 3.96. The summed E-state index contributed by atoms with van der Waals surface area (Å²) in [4.78, 5) is 18.5. The van der Waals surface area contributed by atoms with Crippen molar-refractivity contribution < 1.29 is 4.79 Å². The predicted molar refractivity (Wildman–Crippen MR) is 119 cm³/mol. The van der Waals surface area contributed by atoms with E-state index < -0.39 is 0 Å². The van der Waals surface area contributed by atoms with Crippen molar-refractivity contribution in [2.75, 3.05) is 27.2 Å². The van der Waals surface area contributed by atoms with E-state index in [1.807, 2.05) is 26.1 Å². The minimum absolute atomic E-state index is 0.123. The number of rotatable bonds is 8. The van der Waals surface area contributed by atoms with Crippen molar-refractivity contribution in [3.8, 4) is 0 Å². The summed E-state index contributed by atoms with van der Waals surface area (Å²) in [6.45, 7) is 6.01. The molecule has 6 nitrogen and oxygen atoms in total. The van der Waals surface area contributed by atoms with E-state index in [9.17, 15) is 4.79 Å². The van der Waals surface area contributed by atoms with Crippen LogP contribution in [0, 0.1) is 0 Å². The average molecular weight is 396 g/mol. The second kappa shape index (κ2) is 9.74. The predicted octanol–water partition coefficient (Wildman–Crippen LogP) is 3.06. The molecule has 3 aliphatic rings. The number of carbonyl (C=O) groups excluding carboxylic acids is 1. The van der Waals surface area contributed by atoms with Crippen molar-refractivity contribution >= 4 is 12.1 Å². The Kier molecular flexibility index (Phi) is 7.09. The lowest BCUT2D eigenvalue weighted by Crippen LogP contribution is -2.52. The van der Waals surface area contributed by atoms with Gasteiger partial charge in [-0.05, 0) is 75.6 Å². The van der Waals surface area contributed by atoms with Crippen LogP contribution in [0.25, 0.3) is 0 Å². The number of fused-ring (bicyclic) bond motifs is 1. The molecular weight excluding hydrogens is 362 g/mol. The van der Waals surface area contributed by atoms with Gasteiger partial charge >= 0.3 is 0 Å². The monoisotopic (exact) mass is 395 g/mol. The number of nitrogens with one attached hydrogen (secondary N) is 2. The maximum Gasteiger partial charge on any atom is 0.150 e. The molecule has 2 aliphatic heterocycles.